The minimum absolute atomic E-state index is 0.0979. The lowest BCUT2D eigenvalue weighted by atomic mass is 9.87. The molecular formula is C19H26FNO4. The summed E-state index contributed by atoms with van der Waals surface area (Å²) in [5.41, 5.74) is 0.807. The summed E-state index contributed by atoms with van der Waals surface area (Å²) < 4.78 is 24.3. The normalized spacial score (nSPS) is 22.9. The van der Waals surface area contributed by atoms with E-state index in [4.69, 9.17) is 14.6 Å². The number of hydrogen-bond acceptors (Lipinski definition) is 4. The lowest BCUT2D eigenvalue weighted by Crippen LogP contribution is -2.38. The van der Waals surface area contributed by atoms with Gasteiger partial charge in [-0.3, -0.25) is 4.79 Å². The van der Waals surface area contributed by atoms with Gasteiger partial charge in [-0.1, -0.05) is 19.1 Å². The highest BCUT2D eigenvalue weighted by atomic mass is 19.1. The van der Waals surface area contributed by atoms with Crippen LogP contribution in [0, 0.1) is 17.7 Å². The predicted octanol–water partition coefficient (Wildman–Crippen LogP) is 2.74. The number of rotatable bonds is 8. The summed E-state index contributed by atoms with van der Waals surface area (Å²) in [6.07, 6.45) is 2.74. The zero-order valence-corrected chi connectivity index (χ0v) is 14.7. The molecule has 0 saturated carbocycles. The van der Waals surface area contributed by atoms with Gasteiger partial charge in [-0.15, -0.1) is 0 Å². The molecule has 0 bridgehead atoms. The monoisotopic (exact) mass is 351 g/mol. The van der Waals surface area contributed by atoms with Crippen LogP contribution in [0.5, 0.6) is 0 Å². The van der Waals surface area contributed by atoms with Gasteiger partial charge in [0.25, 0.3) is 5.91 Å². The second-order valence-corrected chi connectivity index (χ2v) is 6.17. The van der Waals surface area contributed by atoms with Crippen molar-refractivity contribution in [1.82, 2.24) is 5.32 Å². The molecule has 1 amide bonds. The second kappa shape index (κ2) is 9.53. The van der Waals surface area contributed by atoms with Crippen molar-refractivity contribution in [2.24, 2.45) is 11.8 Å². The van der Waals surface area contributed by atoms with Crippen LogP contribution in [0.3, 0.4) is 0 Å². The van der Waals surface area contributed by atoms with Crippen LogP contribution in [0.2, 0.25) is 0 Å². The van der Waals surface area contributed by atoms with E-state index in [1.54, 1.807) is 18.2 Å². The Bertz CT molecular complexity index is 588. The highest BCUT2D eigenvalue weighted by Gasteiger charge is 2.34. The third kappa shape index (κ3) is 5.54. The topological polar surface area (TPSA) is 67.8 Å². The average molecular weight is 351 g/mol. The van der Waals surface area contributed by atoms with Crippen LogP contribution in [0.15, 0.2) is 36.1 Å². The Balaban J connectivity index is 1.99. The number of aliphatic hydroxyl groups excluding tert-OH is 1. The van der Waals surface area contributed by atoms with E-state index >= 15 is 0 Å². The molecule has 1 heterocycles. The van der Waals surface area contributed by atoms with E-state index < -0.39 is 6.29 Å². The highest BCUT2D eigenvalue weighted by molar-refractivity contribution is 5.91. The van der Waals surface area contributed by atoms with Crippen molar-refractivity contribution < 1.29 is 23.8 Å². The molecule has 1 aromatic carbocycles. The number of carbonyl (C=O) groups is 1. The fraction of sp³-hybridized carbons (Fsp3) is 0.526. The number of allylic oxidation sites excluding steroid dienone is 1. The molecule has 0 saturated heterocycles. The minimum atomic E-state index is -0.497. The van der Waals surface area contributed by atoms with Crippen molar-refractivity contribution in [2.75, 3.05) is 13.2 Å². The van der Waals surface area contributed by atoms with Crippen LogP contribution in [-0.4, -0.2) is 30.5 Å². The molecule has 3 atom stereocenters. The molecule has 0 spiro atoms. The van der Waals surface area contributed by atoms with E-state index in [9.17, 15) is 9.18 Å². The van der Waals surface area contributed by atoms with Crippen molar-refractivity contribution in [3.05, 3.63) is 47.5 Å². The Morgan fingerprint density at radius 2 is 2.08 bits per heavy atom. The van der Waals surface area contributed by atoms with Crippen LogP contribution in [0.1, 0.15) is 32.3 Å². The zero-order valence-electron chi connectivity index (χ0n) is 14.7. The maximum Gasteiger partial charge on any atom is 0.286 e. The Morgan fingerprint density at radius 1 is 1.36 bits per heavy atom. The number of amides is 1. The fourth-order valence-electron chi connectivity index (χ4n) is 2.91. The standard InChI is InChI=1S/C19H26FNO4/c1-3-24-19-16(5-4-10-22)13(2)11-17(25-19)18(23)21-12-14-6-8-15(20)9-7-14/h6-9,11,13,16,19,22H,3-5,10,12H2,1-2H3,(H,21,23)/t13-,16-,19+/m0/s1. The van der Waals surface area contributed by atoms with Gasteiger partial charge in [0.1, 0.15) is 5.82 Å². The van der Waals surface area contributed by atoms with Gasteiger partial charge < -0.3 is 19.9 Å². The third-order valence-electron chi connectivity index (χ3n) is 4.30. The van der Waals surface area contributed by atoms with Crippen molar-refractivity contribution in [3.63, 3.8) is 0 Å². The Morgan fingerprint density at radius 3 is 2.72 bits per heavy atom. The quantitative estimate of drug-likeness (QED) is 0.756. The maximum atomic E-state index is 12.9. The van der Waals surface area contributed by atoms with Crippen molar-refractivity contribution in [1.29, 1.82) is 0 Å². The van der Waals surface area contributed by atoms with Crippen LogP contribution >= 0.6 is 0 Å². The summed E-state index contributed by atoms with van der Waals surface area (Å²) >= 11 is 0. The summed E-state index contributed by atoms with van der Waals surface area (Å²) in [7, 11) is 0. The van der Waals surface area contributed by atoms with Gasteiger partial charge in [-0.2, -0.15) is 0 Å². The summed E-state index contributed by atoms with van der Waals surface area (Å²) in [5, 5.41) is 11.8. The van der Waals surface area contributed by atoms with Gasteiger partial charge in [0.05, 0.1) is 0 Å². The second-order valence-electron chi connectivity index (χ2n) is 6.17. The number of halogens is 1. The molecule has 25 heavy (non-hydrogen) atoms. The first-order chi connectivity index (χ1) is 12.0. The largest absolute Gasteiger partial charge is 0.459 e. The first-order valence-electron chi connectivity index (χ1n) is 8.68. The first kappa shape index (κ1) is 19.4. The van der Waals surface area contributed by atoms with Gasteiger partial charge in [0.2, 0.25) is 6.29 Å². The van der Waals surface area contributed by atoms with Crippen LogP contribution in [-0.2, 0) is 20.8 Å². The number of benzene rings is 1. The Hall–Kier alpha value is -1.92. The molecule has 2 rings (SSSR count). The van der Waals surface area contributed by atoms with Gasteiger partial charge in [0, 0.05) is 25.7 Å². The summed E-state index contributed by atoms with van der Waals surface area (Å²) in [5.74, 6) is -0.185. The molecule has 0 radical (unpaired) electrons. The summed E-state index contributed by atoms with van der Waals surface area (Å²) in [4.78, 5) is 12.4. The van der Waals surface area contributed by atoms with Crippen LogP contribution in [0.25, 0.3) is 0 Å². The van der Waals surface area contributed by atoms with E-state index in [0.29, 0.717) is 19.6 Å². The SMILES string of the molecule is CCO[C@@H]1OC(C(=O)NCc2ccc(F)cc2)=C[C@H](C)[C@@H]1CCCO. The molecule has 2 N–H and O–H groups in total. The number of hydrogen-bond donors (Lipinski definition) is 2. The molecule has 6 heteroatoms. The van der Waals surface area contributed by atoms with Crippen molar-refractivity contribution >= 4 is 5.91 Å². The van der Waals surface area contributed by atoms with Crippen molar-refractivity contribution in [3.8, 4) is 0 Å². The number of ether oxygens (including phenoxy) is 2. The molecule has 0 aliphatic carbocycles. The lowest BCUT2D eigenvalue weighted by molar-refractivity contribution is -0.171. The molecule has 5 nitrogen and oxygen atoms in total. The van der Waals surface area contributed by atoms with E-state index in [2.05, 4.69) is 5.32 Å². The first-order valence-corrected chi connectivity index (χ1v) is 8.68. The van der Waals surface area contributed by atoms with Gasteiger partial charge in [-0.25, -0.2) is 4.39 Å². The van der Waals surface area contributed by atoms with E-state index in [-0.39, 0.29) is 35.9 Å². The van der Waals surface area contributed by atoms with Gasteiger partial charge in [0.15, 0.2) is 5.76 Å². The third-order valence-corrected chi connectivity index (χ3v) is 4.30. The van der Waals surface area contributed by atoms with E-state index in [1.807, 2.05) is 13.8 Å². The number of aliphatic hydroxyl groups is 1. The smallest absolute Gasteiger partial charge is 0.286 e. The van der Waals surface area contributed by atoms with Gasteiger partial charge >= 0.3 is 0 Å². The fourth-order valence-corrected chi connectivity index (χ4v) is 2.91. The number of nitrogens with one attached hydrogen (secondary N) is 1. The van der Waals surface area contributed by atoms with Gasteiger partial charge in [-0.05, 0) is 49.5 Å². The molecule has 1 aliphatic heterocycles. The molecule has 0 aromatic heterocycles. The Kier molecular flexibility index (Phi) is 7.40. The highest BCUT2D eigenvalue weighted by Crippen LogP contribution is 2.32. The molecule has 1 aromatic rings. The molecule has 1 aliphatic rings. The molecule has 0 fully saturated rings. The Labute approximate surface area is 147 Å². The molecule has 0 unspecified atom stereocenters. The average Bonchev–Trinajstić information content (AvgIpc) is 2.60. The van der Waals surface area contributed by atoms with Crippen LogP contribution < -0.4 is 5.32 Å². The molecular weight excluding hydrogens is 325 g/mol. The van der Waals surface area contributed by atoms with E-state index in [1.165, 1.54) is 12.1 Å². The zero-order chi connectivity index (χ0) is 18.2. The van der Waals surface area contributed by atoms with Crippen LogP contribution in [0.4, 0.5) is 4.39 Å². The maximum absolute atomic E-state index is 12.9. The summed E-state index contributed by atoms with van der Waals surface area (Å²) in [6, 6.07) is 5.97. The molecule has 138 valence electrons. The predicted molar refractivity (Wildman–Crippen MR) is 91.8 cm³/mol. The summed E-state index contributed by atoms with van der Waals surface area (Å²) in [6.45, 7) is 4.79. The van der Waals surface area contributed by atoms with E-state index in [0.717, 1.165) is 12.0 Å². The minimum Gasteiger partial charge on any atom is -0.459 e. The number of carbonyl (C=O) groups excluding carboxylic acids is 1. The van der Waals surface area contributed by atoms with Crippen molar-refractivity contribution in [2.45, 2.75) is 39.5 Å². The lowest BCUT2D eigenvalue weighted by Gasteiger charge is -2.35.